The molecule has 0 fully saturated rings. The molecule has 19 heavy (non-hydrogen) atoms. The van der Waals surface area contributed by atoms with Crippen LogP contribution in [-0.4, -0.2) is 20.3 Å². The van der Waals surface area contributed by atoms with Crippen LogP contribution in [0, 0.1) is 0 Å². The third kappa shape index (κ3) is 5.31. The van der Waals surface area contributed by atoms with E-state index in [4.69, 9.17) is 32.7 Å². The predicted molar refractivity (Wildman–Crippen MR) is 80.5 cm³/mol. The predicted octanol–water partition coefficient (Wildman–Crippen LogP) is 3.98. The van der Waals surface area contributed by atoms with E-state index in [2.05, 4.69) is 12.2 Å². The van der Waals surface area contributed by atoms with Crippen LogP contribution in [0.1, 0.15) is 18.9 Å². The summed E-state index contributed by atoms with van der Waals surface area (Å²) in [6.45, 7) is 4.21. The molecule has 1 aromatic rings. The zero-order chi connectivity index (χ0) is 14.1. The fraction of sp³-hybridized carbons (Fsp3) is 0.429. The van der Waals surface area contributed by atoms with Gasteiger partial charge in [-0.15, -0.1) is 0 Å². The van der Waals surface area contributed by atoms with Gasteiger partial charge in [-0.2, -0.15) is 0 Å². The maximum Gasteiger partial charge on any atom is 0.180 e. The number of rotatable bonds is 8. The molecule has 0 spiro atoms. The summed E-state index contributed by atoms with van der Waals surface area (Å²) in [5.41, 5.74) is 2.47. The number of hydrogen-bond acceptors (Lipinski definition) is 3. The molecule has 0 aromatic heterocycles. The Morgan fingerprint density at radius 1 is 1.37 bits per heavy atom. The van der Waals surface area contributed by atoms with Crippen molar-refractivity contribution in [1.82, 2.24) is 5.32 Å². The minimum absolute atomic E-state index is 0.354. The molecule has 0 atom stereocenters. The quantitative estimate of drug-likeness (QED) is 0.737. The zero-order valence-corrected chi connectivity index (χ0v) is 12.7. The third-order valence-corrected chi connectivity index (χ3v) is 2.92. The van der Waals surface area contributed by atoms with Crippen molar-refractivity contribution >= 4 is 23.2 Å². The number of ether oxygens (including phenoxy) is 2. The molecule has 0 amide bonds. The van der Waals surface area contributed by atoms with Crippen molar-refractivity contribution in [2.24, 2.45) is 0 Å². The van der Waals surface area contributed by atoms with Gasteiger partial charge in [-0.25, -0.2) is 0 Å². The number of methoxy groups -OCH3 is 1. The van der Waals surface area contributed by atoms with Crippen LogP contribution in [0.25, 0.3) is 0 Å². The first kappa shape index (κ1) is 16.2. The van der Waals surface area contributed by atoms with Crippen LogP contribution in [0.5, 0.6) is 11.5 Å². The van der Waals surface area contributed by atoms with Gasteiger partial charge in [0.25, 0.3) is 0 Å². The first-order chi connectivity index (χ1) is 9.22. The van der Waals surface area contributed by atoms with Gasteiger partial charge in [0.05, 0.1) is 12.1 Å². The summed E-state index contributed by atoms with van der Waals surface area (Å²) in [5, 5.41) is 3.86. The lowest BCUT2D eigenvalue weighted by atomic mass is 10.2. The molecule has 0 heterocycles. The lowest BCUT2D eigenvalue weighted by Crippen LogP contribution is -2.14. The molecule has 5 heteroatoms. The Balaban J connectivity index is 2.81. The van der Waals surface area contributed by atoms with Crippen LogP contribution < -0.4 is 14.8 Å². The van der Waals surface area contributed by atoms with Crippen molar-refractivity contribution in [1.29, 1.82) is 0 Å². The first-order valence-electron chi connectivity index (χ1n) is 6.18. The van der Waals surface area contributed by atoms with Crippen molar-refractivity contribution in [3.05, 3.63) is 34.3 Å². The highest BCUT2D eigenvalue weighted by Crippen LogP contribution is 2.36. The van der Waals surface area contributed by atoms with Gasteiger partial charge in [0.2, 0.25) is 0 Å². The number of halogens is 2. The second-order valence-corrected chi connectivity index (χ2v) is 4.62. The lowest BCUT2D eigenvalue weighted by molar-refractivity contribution is 0.326. The average molecular weight is 304 g/mol. The maximum atomic E-state index is 6.22. The molecule has 0 saturated carbocycles. The van der Waals surface area contributed by atoms with E-state index >= 15 is 0 Å². The Kier molecular flexibility index (Phi) is 7.72. The van der Waals surface area contributed by atoms with Gasteiger partial charge in [-0.1, -0.05) is 30.1 Å². The molecule has 106 valence electrons. The summed E-state index contributed by atoms with van der Waals surface area (Å²) in [5.74, 6) is 1.17. The van der Waals surface area contributed by atoms with E-state index in [1.165, 1.54) is 5.54 Å². The minimum atomic E-state index is 0.354. The topological polar surface area (TPSA) is 30.5 Å². The Bertz CT molecular complexity index is 422. The minimum Gasteiger partial charge on any atom is -0.493 e. The molecular weight excluding hydrogens is 285 g/mol. The van der Waals surface area contributed by atoms with Crippen molar-refractivity contribution in [3.8, 4) is 11.5 Å². The van der Waals surface area contributed by atoms with Gasteiger partial charge in [0.1, 0.15) is 6.61 Å². The van der Waals surface area contributed by atoms with E-state index in [0.29, 0.717) is 23.1 Å². The van der Waals surface area contributed by atoms with Crippen LogP contribution in [0.4, 0.5) is 0 Å². The largest absolute Gasteiger partial charge is 0.493 e. The standard InChI is InChI=1S/C14H19Cl2NO2/c1-3-6-17-10-11-8-12(16)14(13(9-11)18-2)19-7-4-5-15/h4-5,8-9,17H,3,6-7,10H2,1-2H3/b5-4+. The van der Waals surface area contributed by atoms with Crippen LogP contribution in [0.2, 0.25) is 5.02 Å². The molecule has 0 unspecified atom stereocenters. The summed E-state index contributed by atoms with van der Waals surface area (Å²) in [6, 6.07) is 3.81. The van der Waals surface area contributed by atoms with E-state index in [-0.39, 0.29) is 0 Å². The second-order valence-electron chi connectivity index (χ2n) is 3.96. The van der Waals surface area contributed by atoms with E-state index in [1.54, 1.807) is 13.2 Å². The Morgan fingerprint density at radius 2 is 2.16 bits per heavy atom. The normalized spacial score (nSPS) is 10.9. The Labute approximate surface area is 124 Å². The fourth-order valence-electron chi connectivity index (χ4n) is 1.59. The van der Waals surface area contributed by atoms with E-state index < -0.39 is 0 Å². The molecule has 1 N–H and O–H groups in total. The number of benzene rings is 1. The molecular formula is C14H19Cl2NO2. The summed E-state index contributed by atoms with van der Waals surface area (Å²) in [6.07, 6.45) is 2.78. The zero-order valence-electron chi connectivity index (χ0n) is 11.2. The van der Waals surface area contributed by atoms with Crippen molar-refractivity contribution in [2.75, 3.05) is 20.3 Å². The molecule has 0 bridgehead atoms. The average Bonchev–Trinajstić information content (AvgIpc) is 2.41. The highest BCUT2D eigenvalue weighted by atomic mass is 35.5. The van der Waals surface area contributed by atoms with Gasteiger partial charge in [-0.3, -0.25) is 0 Å². The molecule has 1 rings (SSSR count). The van der Waals surface area contributed by atoms with Crippen molar-refractivity contribution < 1.29 is 9.47 Å². The summed E-state index contributed by atoms with van der Waals surface area (Å²) in [7, 11) is 1.60. The first-order valence-corrected chi connectivity index (χ1v) is 6.99. The molecule has 3 nitrogen and oxygen atoms in total. The van der Waals surface area contributed by atoms with E-state index in [0.717, 1.165) is 25.1 Å². The number of nitrogens with one attached hydrogen (secondary N) is 1. The van der Waals surface area contributed by atoms with Crippen LogP contribution in [0.15, 0.2) is 23.7 Å². The molecule has 0 aliphatic heterocycles. The van der Waals surface area contributed by atoms with E-state index in [1.807, 2.05) is 12.1 Å². The Morgan fingerprint density at radius 3 is 2.79 bits per heavy atom. The van der Waals surface area contributed by atoms with E-state index in [9.17, 15) is 0 Å². The van der Waals surface area contributed by atoms with Gasteiger partial charge in [-0.05, 0) is 36.7 Å². The summed E-state index contributed by atoms with van der Waals surface area (Å²) in [4.78, 5) is 0. The van der Waals surface area contributed by atoms with Crippen LogP contribution in [-0.2, 0) is 6.54 Å². The number of hydrogen-bond donors (Lipinski definition) is 1. The summed E-state index contributed by atoms with van der Waals surface area (Å²) >= 11 is 11.7. The third-order valence-electron chi connectivity index (χ3n) is 2.46. The van der Waals surface area contributed by atoms with Crippen LogP contribution >= 0.6 is 23.2 Å². The SMILES string of the molecule is CCCNCc1cc(Cl)c(OC/C=C/Cl)c(OC)c1. The molecule has 1 aromatic carbocycles. The summed E-state index contributed by atoms with van der Waals surface area (Å²) < 4.78 is 10.8. The van der Waals surface area contributed by atoms with Crippen LogP contribution in [0.3, 0.4) is 0 Å². The monoisotopic (exact) mass is 303 g/mol. The molecule has 0 saturated heterocycles. The molecule has 0 aliphatic rings. The fourth-order valence-corrected chi connectivity index (χ4v) is 1.95. The highest BCUT2D eigenvalue weighted by molar-refractivity contribution is 6.32. The van der Waals surface area contributed by atoms with Crippen molar-refractivity contribution in [3.63, 3.8) is 0 Å². The molecule has 0 radical (unpaired) electrons. The lowest BCUT2D eigenvalue weighted by Gasteiger charge is -2.13. The van der Waals surface area contributed by atoms with Gasteiger partial charge in [0.15, 0.2) is 11.5 Å². The van der Waals surface area contributed by atoms with Crippen molar-refractivity contribution in [2.45, 2.75) is 19.9 Å². The van der Waals surface area contributed by atoms with Gasteiger partial charge in [0, 0.05) is 12.1 Å². The van der Waals surface area contributed by atoms with Gasteiger partial charge >= 0.3 is 0 Å². The Hall–Kier alpha value is -0.900. The highest BCUT2D eigenvalue weighted by Gasteiger charge is 2.11. The maximum absolute atomic E-state index is 6.22. The smallest absolute Gasteiger partial charge is 0.180 e. The van der Waals surface area contributed by atoms with Gasteiger partial charge < -0.3 is 14.8 Å². The second kappa shape index (κ2) is 9.08. The molecule has 0 aliphatic carbocycles.